The van der Waals surface area contributed by atoms with Crippen LogP contribution in [0.3, 0.4) is 0 Å². The zero-order valence-electron chi connectivity index (χ0n) is 7.35. The number of hydrogen-bond donors (Lipinski definition) is 2. The minimum absolute atomic E-state index is 0.0668. The van der Waals surface area contributed by atoms with Crippen LogP contribution >= 0.6 is 0 Å². The van der Waals surface area contributed by atoms with Crippen molar-refractivity contribution in [2.75, 3.05) is 7.11 Å². The standard InChI is InChI=1S/C9H8O5/c1-14-6-4-2-3-5(7(6)10)8(11)9(12)13/h2-4,10H,1H3,(H,12,13). The van der Waals surface area contributed by atoms with Crippen molar-refractivity contribution in [2.24, 2.45) is 0 Å². The summed E-state index contributed by atoms with van der Waals surface area (Å²) in [5.74, 6) is -3.17. The number of Topliss-reactive ketones (excluding diaryl/α,β-unsaturated/α-hetero) is 1. The van der Waals surface area contributed by atoms with Crippen molar-refractivity contribution in [3.8, 4) is 11.5 Å². The fourth-order valence-corrected chi connectivity index (χ4v) is 0.985. The molecule has 0 saturated carbocycles. The van der Waals surface area contributed by atoms with Crippen LogP contribution in [0.1, 0.15) is 10.4 Å². The fraction of sp³-hybridized carbons (Fsp3) is 0.111. The van der Waals surface area contributed by atoms with Gasteiger partial charge in [0.05, 0.1) is 12.7 Å². The number of para-hydroxylation sites is 1. The molecule has 0 heterocycles. The van der Waals surface area contributed by atoms with Gasteiger partial charge in [-0.25, -0.2) is 4.79 Å². The summed E-state index contributed by atoms with van der Waals surface area (Å²) < 4.78 is 4.72. The Balaban J connectivity index is 3.22. The number of carboxylic acid groups (broad SMARTS) is 1. The Kier molecular flexibility index (Phi) is 2.71. The number of carbonyl (C=O) groups excluding carboxylic acids is 1. The first-order chi connectivity index (χ1) is 6.57. The van der Waals surface area contributed by atoms with E-state index in [0.29, 0.717) is 0 Å². The third kappa shape index (κ3) is 1.66. The third-order valence-electron chi connectivity index (χ3n) is 1.66. The number of rotatable bonds is 3. The summed E-state index contributed by atoms with van der Waals surface area (Å²) in [6.07, 6.45) is 0. The summed E-state index contributed by atoms with van der Waals surface area (Å²) in [5, 5.41) is 17.8. The molecule has 0 aromatic heterocycles. The summed E-state index contributed by atoms with van der Waals surface area (Å²) in [6.45, 7) is 0. The number of aromatic hydroxyl groups is 1. The number of carbonyl (C=O) groups is 2. The van der Waals surface area contributed by atoms with Crippen LogP contribution in [-0.2, 0) is 4.79 Å². The molecule has 1 rings (SSSR count). The second-order valence-corrected chi connectivity index (χ2v) is 2.49. The van der Waals surface area contributed by atoms with Crippen LogP contribution < -0.4 is 4.74 Å². The van der Waals surface area contributed by atoms with Gasteiger partial charge in [-0.1, -0.05) is 6.07 Å². The van der Waals surface area contributed by atoms with E-state index in [0.717, 1.165) is 0 Å². The molecular formula is C9H8O5. The Morgan fingerprint density at radius 3 is 2.50 bits per heavy atom. The van der Waals surface area contributed by atoms with E-state index >= 15 is 0 Å². The van der Waals surface area contributed by atoms with E-state index in [1.54, 1.807) is 0 Å². The highest BCUT2D eigenvalue weighted by Crippen LogP contribution is 2.29. The number of benzene rings is 1. The maximum absolute atomic E-state index is 11.0. The lowest BCUT2D eigenvalue weighted by Crippen LogP contribution is -2.12. The molecule has 0 radical (unpaired) electrons. The van der Waals surface area contributed by atoms with Crippen molar-refractivity contribution in [1.29, 1.82) is 0 Å². The lowest BCUT2D eigenvalue weighted by atomic mass is 10.1. The van der Waals surface area contributed by atoms with Crippen LogP contribution in [0.4, 0.5) is 0 Å². The van der Waals surface area contributed by atoms with Crippen LogP contribution in [0.15, 0.2) is 18.2 Å². The monoisotopic (exact) mass is 196 g/mol. The zero-order valence-corrected chi connectivity index (χ0v) is 7.35. The van der Waals surface area contributed by atoms with Gasteiger partial charge < -0.3 is 14.9 Å². The smallest absolute Gasteiger partial charge is 0.377 e. The molecule has 0 aliphatic rings. The number of phenolic OH excluding ortho intramolecular Hbond substituents is 1. The molecule has 0 bridgehead atoms. The number of ether oxygens (including phenoxy) is 1. The maximum Gasteiger partial charge on any atom is 0.377 e. The van der Waals surface area contributed by atoms with Crippen molar-refractivity contribution >= 4 is 11.8 Å². The van der Waals surface area contributed by atoms with Gasteiger partial charge >= 0.3 is 5.97 Å². The third-order valence-corrected chi connectivity index (χ3v) is 1.66. The Labute approximate surface area is 79.6 Å². The van der Waals surface area contributed by atoms with Crippen molar-refractivity contribution in [3.05, 3.63) is 23.8 Å². The Morgan fingerprint density at radius 2 is 2.00 bits per heavy atom. The molecule has 0 aliphatic heterocycles. The molecule has 5 nitrogen and oxygen atoms in total. The predicted octanol–water partition coefficient (Wildman–Crippen LogP) is 0.668. The van der Waals surface area contributed by atoms with Crippen LogP contribution in [0.25, 0.3) is 0 Å². The molecule has 0 unspecified atom stereocenters. The van der Waals surface area contributed by atoms with E-state index in [1.807, 2.05) is 0 Å². The zero-order chi connectivity index (χ0) is 10.7. The number of ketones is 1. The van der Waals surface area contributed by atoms with E-state index in [4.69, 9.17) is 9.84 Å². The molecule has 5 heteroatoms. The van der Waals surface area contributed by atoms with Gasteiger partial charge in [0.2, 0.25) is 0 Å². The first-order valence-electron chi connectivity index (χ1n) is 3.71. The summed E-state index contributed by atoms with van der Waals surface area (Å²) in [5.41, 5.74) is -0.281. The molecule has 74 valence electrons. The second kappa shape index (κ2) is 3.78. The number of hydrogen-bond acceptors (Lipinski definition) is 4. The highest BCUT2D eigenvalue weighted by atomic mass is 16.5. The van der Waals surface area contributed by atoms with Gasteiger partial charge in [-0.05, 0) is 12.1 Å². The van der Waals surface area contributed by atoms with E-state index < -0.39 is 17.5 Å². The lowest BCUT2D eigenvalue weighted by Gasteiger charge is -2.05. The summed E-state index contributed by atoms with van der Waals surface area (Å²) in [4.78, 5) is 21.4. The Morgan fingerprint density at radius 1 is 1.36 bits per heavy atom. The molecule has 0 amide bonds. The number of aliphatic carboxylic acids is 1. The quantitative estimate of drug-likeness (QED) is 0.548. The average Bonchev–Trinajstić information content (AvgIpc) is 2.17. The van der Waals surface area contributed by atoms with E-state index in [-0.39, 0.29) is 11.3 Å². The van der Waals surface area contributed by atoms with Gasteiger partial charge in [-0.3, -0.25) is 4.79 Å². The predicted molar refractivity (Wildman–Crippen MR) is 46.6 cm³/mol. The highest BCUT2D eigenvalue weighted by molar-refractivity contribution is 6.40. The molecule has 0 fully saturated rings. The average molecular weight is 196 g/mol. The largest absolute Gasteiger partial charge is 0.504 e. The topological polar surface area (TPSA) is 83.8 Å². The van der Waals surface area contributed by atoms with Gasteiger partial charge in [-0.2, -0.15) is 0 Å². The minimum Gasteiger partial charge on any atom is -0.504 e. The van der Waals surface area contributed by atoms with Gasteiger partial charge in [-0.15, -0.1) is 0 Å². The van der Waals surface area contributed by atoms with Gasteiger partial charge in [0.15, 0.2) is 11.5 Å². The Hall–Kier alpha value is -2.04. The molecule has 0 saturated heterocycles. The van der Waals surface area contributed by atoms with E-state index in [9.17, 15) is 14.7 Å². The van der Waals surface area contributed by atoms with Gasteiger partial charge in [0.1, 0.15) is 0 Å². The normalized spacial score (nSPS) is 9.50. The fourth-order valence-electron chi connectivity index (χ4n) is 0.985. The summed E-state index contributed by atoms with van der Waals surface area (Å²) in [7, 11) is 1.31. The SMILES string of the molecule is COc1cccc(C(=O)C(=O)O)c1O. The lowest BCUT2D eigenvalue weighted by molar-refractivity contribution is -0.131. The van der Waals surface area contributed by atoms with Gasteiger partial charge in [0.25, 0.3) is 5.78 Å². The maximum atomic E-state index is 11.0. The van der Waals surface area contributed by atoms with Crippen LogP contribution in [0.2, 0.25) is 0 Å². The molecule has 0 spiro atoms. The van der Waals surface area contributed by atoms with E-state index in [1.165, 1.54) is 25.3 Å². The van der Waals surface area contributed by atoms with Crippen LogP contribution in [-0.4, -0.2) is 29.1 Å². The molecule has 2 N–H and O–H groups in total. The molecule has 0 aliphatic carbocycles. The molecule has 0 atom stereocenters. The molecular weight excluding hydrogens is 188 g/mol. The van der Waals surface area contributed by atoms with Crippen LogP contribution in [0.5, 0.6) is 11.5 Å². The Bertz CT molecular complexity index is 383. The summed E-state index contributed by atoms with van der Waals surface area (Å²) >= 11 is 0. The first-order valence-corrected chi connectivity index (χ1v) is 3.71. The van der Waals surface area contributed by atoms with Crippen molar-refractivity contribution in [1.82, 2.24) is 0 Å². The number of phenols is 1. The second-order valence-electron chi connectivity index (χ2n) is 2.49. The highest BCUT2D eigenvalue weighted by Gasteiger charge is 2.20. The number of carboxylic acids is 1. The van der Waals surface area contributed by atoms with Crippen molar-refractivity contribution < 1.29 is 24.5 Å². The first kappa shape index (κ1) is 10.0. The van der Waals surface area contributed by atoms with E-state index in [2.05, 4.69) is 0 Å². The molecule has 1 aromatic rings. The van der Waals surface area contributed by atoms with Crippen LogP contribution in [0, 0.1) is 0 Å². The van der Waals surface area contributed by atoms with Crippen molar-refractivity contribution in [3.63, 3.8) is 0 Å². The van der Waals surface area contributed by atoms with Gasteiger partial charge in [0, 0.05) is 0 Å². The van der Waals surface area contributed by atoms with Crippen molar-refractivity contribution in [2.45, 2.75) is 0 Å². The molecule has 1 aromatic carbocycles. The minimum atomic E-state index is -1.62. The summed E-state index contributed by atoms with van der Waals surface area (Å²) in [6, 6.07) is 4.07. The number of methoxy groups -OCH3 is 1. The molecule has 14 heavy (non-hydrogen) atoms.